The number of ether oxygens (including phenoxy) is 1. The molecule has 2 aromatic rings. The number of piperidine rings is 1. The second kappa shape index (κ2) is 7.75. The number of carbonyl (C=O) groups is 1. The minimum Gasteiger partial charge on any atom is -0.490 e. The van der Waals surface area contributed by atoms with Gasteiger partial charge in [-0.05, 0) is 38.3 Å². The fourth-order valence-electron chi connectivity index (χ4n) is 2.97. The van der Waals surface area contributed by atoms with Gasteiger partial charge in [0.1, 0.15) is 5.01 Å². The average Bonchev–Trinajstić information content (AvgIpc) is 3.03. The standard InChI is InChI=1S/C18H21FN2O2S/c1-13-12-24-18(20-13)15-7-4-5-10-21(15)17(22)9-11-23-16-8-3-2-6-14(16)19/h2-3,6,8,12,15H,4-5,7,9-11H2,1H3/t15-/m0/s1. The lowest BCUT2D eigenvalue weighted by atomic mass is 10.0. The Bertz CT molecular complexity index is 704. The molecule has 1 aliphatic heterocycles. The van der Waals surface area contributed by atoms with E-state index in [1.807, 2.05) is 17.2 Å². The summed E-state index contributed by atoms with van der Waals surface area (Å²) in [4.78, 5) is 19.1. The van der Waals surface area contributed by atoms with Crippen molar-refractivity contribution < 1.29 is 13.9 Å². The Balaban J connectivity index is 1.59. The maximum absolute atomic E-state index is 13.5. The van der Waals surface area contributed by atoms with E-state index in [4.69, 9.17) is 4.74 Å². The first-order chi connectivity index (χ1) is 11.6. The number of para-hydroxylation sites is 1. The Hall–Kier alpha value is -1.95. The van der Waals surface area contributed by atoms with Gasteiger partial charge in [0.05, 0.1) is 19.1 Å². The first kappa shape index (κ1) is 16.9. The molecule has 1 aliphatic rings. The first-order valence-corrected chi connectivity index (χ1v) is 9.12. The summed E-state index contributed by atoms with van der Waals surface area (Å²) in [6.07, 6.45) is 3.32. The van der Waals surface area contributed by atoms with Crippen LogP contribution in [0.3, 0.4) is 0 Å². The van der Waals surface area contributed by atoms with Crippen molar-refractivity contribution in [1.82, 2.24) is 9.88 Å². The molecule has 1 amide bonds. The molecule has 0 bridgehead atoms. The summed E-state index contributed by atoms with van der Waals surface area (Å²) >= 11 is 1.61. The average molecular weight is 348 g/mol. The minimum atomic E-state index is -0.404. The molecule has 0 radical (unpaired) electrons. The van der Waals surface area contributed by atoms with E-state index in [-0.39, 0.29) is 30.7 Å². The van der Waals surface area contributed by atoms with Gasteiger partial charge in [0.2, 0.25) is 5.91 Å². The molecule has 2 heterocycles. The molecule has 1 aromatic heterocycles. The lowest BCUT2D eigenvalue weighted by Crippen LogP contribution is -2.39. The lowest BCUT2D eigenvalue weighted by Gasteiger charge is -2.34. The van der Waals surface area contributed by atoms with E-state index in [9.17, 15) is 9.18 Å². The molecule has 1 saturated heterocycles. The van der Waals surface area contributed by atoms with Crippen LogP contribution in [0.1, 0.15) is 42.4 Å². The summed E-state index contributed by atoms with van der Waals surface area (Å²) in [7, 11) is 0. The monoisotopic (exact) mass is 348 g/mol. The number of carbonyl (C=O) groups excluding carboxylic acids is 1. The van der Waals surface area contributed by atoms with E-state index in [0.717, 1.165) is 36.5 Å². The molecular weight excluding hydrogens is 327 g/mol. The Labute approximate surface area is 145 Å². The number of thiazole rings is 1. The first-order valence-electron chi connectivity index (χ1n) is 8.24. The van der Waals surface area contributed by atoms with Crippen molar-refractivity contribution in [3.8, 4) is 5.75 Å². The Morgan fingerprint density at radius 2 is 2.25 bits per heavy atom. The van der Waals surface area contributed by atoms with E-state index >= 15 is 0 Å². The molecule has 128 valence electrons. The summed E-state index contributed by atoms with van der Waals surface area (Å²) in [6, 6.07) is 6.32. The van der Waals surface area contributed by atoms with Gasteiger partial charge >= 0.3 is 0 Å². The highest BCUT2D eigenvalue weighted by molar-refractivity contribution is 7.09. The predicted molar refractivity (Wildman–Crippen MR) is 91.7 cm³/mol. The van der Waals surface area contributed by atoms with Gasteiger partial charge in [-0.1, -0.05) is 12.1 Å². The van der Waals surface area contributed by atoms with Gasteiger partial charge < -0.3 is 9.64 Å². The molecular formula is C18H21FN2O2S. The van der Waals surface area contributed by atoms with Gasteiger partial charge in [-0.15, -0.1) is 11.3 Å². The van der Waals surface area contributed by atoms with Crippen LogP contribution in [0.15, 0.2) is 29.6 Å². The Morgan fingerprint density at radius 1 is 1.42 bits per heavy atom. The van der Waals surface area contributed by atoms with E-state index < -0.39 is 5.82 Å². The molecule has 0 aliphatic carbocycles. The highest BCUT2D eigenvalue weighted by Gasteiger charge is 2.29. The smallest absolute Gasteiger partial charge is 0.226 e. The fraction of sp³-hybridized carbons (Fsp3) is 0.444. The van der Waals surface area contributed by atoms with Crippen molar-refractivity contribution in [2.24, 2.45) is 0 Å². The Kier molecular flexibility index (Phi) is 5.45. The predicted octanol–water partition coefficient (Wildman–Crippen LogP) is 4.11. The molecule has 0 spiro atoms. The third-order valence-corrected chi connectivity index (χ3v) is 5.22. The maximum atomic E-state index is 13.5. The van der Waals surface area contributed by atoms with Crippen LogP contribution in [0.25, 0.3) is 0 Å². The second-order valence-corrected chi connectivity index (χ2v) is 6.84. The topological polar surface area (TPSA) is 42.4 Å². The van der Waals surface area contributed by atoms with Crippen LogP contribution in [-0.4, -0.2) is 28.9 Å². The van der Waals surface area contributed by atoms with Crippen LogP contribution in [0.4, 0.5) is 4.39 Å². The van der Waals surface area contributed by atoms with Crippen molar-refractivity contribution in [3.05, 3.63) is 46.2 Å². The molecule has 1 aromatic carbocycles. The quantitative estimate of drug-likeness (QED) is 0.816. The highest BCUT2D eigenvalue weighted by Crippen LogP contribution is 2.33. The summed E-state index contributed by atoms with van der Waals surface area (Å²) in [5.41, 5.74) is 0.996. The number of amides is 1. The van der Waals surface area contributed by atoms with Crippen LogP contribution in [0.5, 0.6) is 5.75 Å². The van der Waals surface area contributed by atoms with Crippen LogP contribution >= 0.6 is 11.3 Å². The number of hydrogen-bond acceptors (Lipinski definition) is 4. The SMILES string of the molecule is Cc1csc([C@@H]2CCCCN2C(=O)CCOc2ccccc2F)n1. The number of rotatable bonds is 5. The van der Waals surface area contributed by atoms with Gasteiger partial charge in [0, 0.05) is 17.6 Å². The van der Waals surface area contributed by atoms with E-state index in [0.29, 0.717) is 0 Å². The molecule has 1 fully saturated rings. The van der Waals surface area contributed by atoms with Crippen molar-refractivity contribution in [3.63, 3.8) is 0 Å². The summed E-state index contributed by atoms with van der Waals surface area (Å²) in [5.74, 6) is -0.168. The molecule has 3 rings (SSSR count). The zero-order valence-corrected chi connectivity index (χ0v) is 14.5. The van der Waals surface area contributed by atoms with E-state index in [1.54, 1.807) is 29.5 Å². The number of benzene rings is 1. The normalized spacial score (nSPS) is 17.8. The molecule has 6 heteroatoms. The number of likely N-dealkylation sites (tertiary alicyclic amines) is 1. The van der Waals surface area contributed by atoms with Gasteiger partial charge in [0.15, 0.2) is 11.6 Å². The summed E-state index contributed by atoms with van der Waals surface area (Å²) in [6.45, 7) is 2.90. The second-order valence-electron chi connectivity index (χ2n) is 5.95. The third-order valence-electron chi connectivity index (χ3n) is 4.16. The molecule has 4 nitrogen and oxygen atoms in total. The minimum absolute atomic E-state index is 0.0453. The summed E-state index contributed by atoms with van der Waals surface area (Å²) < 4.78 is 18.9. The van der Waals surface area contributed by atoms with Crippen LogP contribution in [0.2, 0.25) is 0 Å². The number of nitrogens with zero attached hydrogens (tertiary/aromatic N) is 2. The largest absolute Gasteiger partial charge is 0.490 e. The third kappa shape index (κ3) is 3.93. The number of aromatic nitrogens is 1. The van der Waals surface area contributed by atoms with Crippen molar-refractivity contribution in [2.75, 3.05) is 13.2 Å². The van der Waals surface area contributed by atoms with Crippen LogP contribution < -0.4 is 4.74 Å². The molecule has 0 saturated carbocycles. The molecule has 0 unspecified atom stereocenters. The lowest BCUT2D eigenvalue weighted by molar-refractivity contribution is -0.135. The van der Waals surface area contributed by atoms with Crippen LogP contribution in [-0.2, 0) is 4.79 Å². The molecule has 0 N–H and O–H groups in total. The number of aryl methyl sites for hydroxylation is 1. The highest BCUT2D eigenvalue weighted by atomic mass is 32.1. The van der Waals surface area contributed by atoms with Gasteiger partial charge in [-0.3, -0.25) is 4.79 Å². The van der Waals surface area contributed by atoms with Gasteiger partial charge in [-0.2, -0.15) is 0 Å². The zero-order valence-electron chi connectivity index (χ0n) is 13.7. The van der Waals surface area contributed by atoms with Gasteiger partial charge in [0.25, 0.3) is 0 Å². The summed E-state index contributed by atoms with van der Waals surface area (Å²) in [5, 5.41) is 3.03. The number of halogens is 1. The van der Waals surface area contributed by atoms with Crippen molar-refractivity contribution in [2.45, 2.75) is 38.6 Å². The zero-order chi connectivity index (χ0) is 16.9. The maximum Gasteiger partial charge on any atom is 0.226 e. The van der Waals surface area contributed by atoms with Crippen molar-refractivity contribution >= 4 is 17.2 Å². The van der Waals surface area contributed by atoms with E-state index in [1.165, 1.54) is 6.07 Å². The van der Waals surface area contributed by atoms with E-state index in [2.05, 4.69) is 4.98 Å². The fourth-order valence-corrected chi connectivity index (χ4v) is 3.91. The molecule has 1 atom stereocenters. The van der Waals surface area contributed by atoms with Crippen molar-refractivity contribution in [1.29, 1.82) is 0 Å². The Morgan fingerprint density at radius 3 is 3.00 bits per heavy atom. The van der Waals surface area contributed by atoms with Crippen LogP contribution in [0, 0.1) is 12.7 Å². The molecule has 24 heavy (non-hydrogen) atoms. The number of hydrogen-bond donors (Lipinski definition) is 0. The van der Waals surface area contributed by atoms with Gasteiger partial charge in [-0.25, -0.2) is 9.37 Å².